The molecule has 0 saturated carbocycles. The van der Waals surface area contributed by atoms with Gasteiger partial charge in [-0.15, -0.1) is 0 Å². The van der Waals surface area contributed by atoms with Crippen LogP contribution in [0.3, 0.4) is 0 Å². The molecule has 4 N–H and O–H groups in total. The second-order valence-electron chi connectivity index (χ2n) is 3.95. The van der Waals surface area contributed by atoms with E-state index in [1.165, 1.54) is 5.94 Å². The fraction of sp³-hybridized carbons (Fsp3) is 0.636. The van der Waals surface area contributed by atoms with Crippen molar-refractivity contribution in [3.05, 3.63) is 5.70 Å². The van der Waals surface area contributed by atoms with Crippen molar-refractivity contribution in [2.24, 2.45) is 5.73 Å². The number of carboxylic acid groups (broad SMARTS) is 1. The van der Waals surface area contributed by atoms with Crippen LogP contribution in [0.25, 0.3) is 0 Å². The van der Waals surface area contributed by atoms with Crippen LogP contribution >= 0.6 is 0 Å². The number of carboxylic acids is 1. The van der Waals surface area contributed by atoms with Crippen LogP contribution in [0.4, 0.5) is 0 Å². The third kappa shape index (κ3) is 4.38. The highest BCUT2D eigenvalue weighted by Gasteiger charge is 2.39. The third-order valence-corrected chi connectivity index (χ3v) is 2.33. The SMILES string of the molecule is CCCCCNC(=C=O)C(=O)C(C)(N)C(=O)O. The lowest BCUT2D eigenvalue weighted by molar-refractivity contribution is -0.146. The molecule has 0 amide bonds. The fourth-order valence-corrected chi connectivity index (χ4v) is 1.11. The van der Waals surface area contributed by atoms with Gasteiger partial charge < -0.3 is 16.2 Å². The molecule has 1 atom stereocenters. The van der Waals surface area contributed by atoms with Gasteiger partial charge in [0.2, 0.25) is 5.78 Å². The number of unbranched alkanes of at least 4 members (excludes halogenated alkanes) is 2. The third-order valence-electron chi connectivity index (χ3n) is 2.33. The zero-order chi connectivity index (χ0) is 13.5. The Morgan fingerprint density at radius 2 is 2.00 bits per heavy atom. The van der Waals surface area contributed by atoms with E-state index in [4.69, 9.17) is 10.8 Å². The second-order valence-corrected chi connectivity index (χ2v) is 3.95. The minimum atomic E-state index is -2.11. The highest BCUT2D eigenvalue weighted by Crippen LogP contribution is 2.06. The summed E-state index contributed by atoms with van der Waals surface area (Å²) in [7, 11) is 0. The topological polar surface area (TPSA) is 109 Å². The highest BCUT2D eigenvalue weighted by molar-refractivity contribution is 6.17. The zero-order valence-electron chi connectivity index (χ0n) is 10.1. The normalized spacial score (nSPS) is 13.4. The van der Waals surface area contributed by atoms with Crippen LogP contribution in [-0.2, 0) is 14.4 Å². The van der Waals surface area contributed by atoms with E-state index in [2.05, 4.69) is 5.32 Å². The van der Waals surface area contributed by atoms with Gasteiger partial charge in [-0.3, -0.25) is 4.79 Å². The number of ketones is 1. The summed E-state index contributed by atoms with van der Waals surface area (Å²) in [6, 6.07) is 0. The van der Waals surface area contributed by atoms with E-state index in [1.54, 1.807) is 0 Å². The molecule has 0 aromatic rings. The number of hydrogen-bond donors (Lipinski definition) is 3. The number of carbonyl (C=O) groups excluding carboxylic acids is 2. The van der Waals surface area contributed by atoms with E-state index in [-0.39, 0.29) is 0 Å². The lowest BCUT2D eigenvalue weighted by Crippen LogP contribution is -2.54. The smallest absolute Gasteiger partial charge is 0.331 e. The molecule has 0 bridgehead atoms. The van der Waals surface area contributed by atoms with Gasteiger partial charge in [-0.1, -0.05) is 19.8 Å². The van der Waals surface area contributed by atoms with Gasteiger partial charge in [0.05, 0.1) is 0 Å². The first-order valence-corrected chi connectivity index (χ1v) is 5.44. The van der Waals surface area contributed by atoms with Crippen LogP contribution in [0, 0.1) is 0 Å². The van der Waals surface area contributed by atoms with Crippen LogP contribution in [0.15, 0.2) is 5.70 Å². The van der Waals surface area contributed by atoms with Gasteiger partial charge >= 0.3 is 5.97 Å². The summed E-state index contributed by atoms with van der Waals surface area (Å²) in [6.07, 6.45) is 2.73. The van der Waals surface area contributed by atoms with E-state index in [9.17, 15) is 14.4 Å². The van der Waals surface area contributed by atoms with Crippen molar-refractivity contribution in [1.29, 1.82) is 0 Å². The predicted molar refractivity (Wildman–Crippen MR) is 62.0 cm³/mol. The van der Waals surface area contributed by atoms with Crippen molar-refractivity contribution in [3.8, 4) is 0 Å². The Kier molecular flexibility index (Phi) is 6.17. The summed E-state index contributed by atoms with van der Waals surface area (Å²) in [5.41, 5.74) is 2.81. The monoisotopic (exact) mass is 242 g/mol. The molecule has 0 rings (SSSR count). The molecule has 1 unspecified atom stereocenters. The van der Waals surface area contributed by atoms with E-state index in [1.807, 2.05) is 6.92 Å². The maximum absolute atomic E-state index is 11.6. The molecule has 0 spiro atoms. The Hall–Kier alpha value is -1.65. The van der Waals surface area contributed by atoms with Crippen LogP contribution in [0.1, 0.15) is 33.1 Å². The van der Waals surface area contributed by atoms with Crippen LogP contribution < -0.4 is 11.1 Å². The van der Waals surface area contributed by atoms with Crippen LogP contribution in [-0.4, -0.2) is 34.9 Å². The van der Waals surface area contributed by atoms with Crippen molar-refractivity contribution in [3.63, 3.8) is 0 Å². The maximum atomic E-state index is 11.6. The quantitative estimate of drug-likeness (QED) is 0.236. The first-order valence-electron chi connectivity index (χ1n) is 5.44. The van der Waals surface area contributed by atoms with Crippen molar-refractivity contribution >= 4 is 17.7 Å². The number of rotatable bonds is 8. The lowest BCUT2D eigenvalue weighted by atomic mass is 9.96. The molecule has 0 aromatic heterocycles. The van der Waals surface area contributed by atoms with Crippen LogP contribution in [0.2, 0.25) is 0 Å². The van der Waals surface area contributed by atoms with Gasteiger partial charge in [-0.25, -0.2) is 9.59 Å². The predicted octanol–water partition coefficient (Wildman–Crippen LogP) is -0.147. The average Bonchev–Trinajstić information content (AvgIpc) is 2.28. The molecule has 0 aromatic carbocycles. The average molecular weight is 242 g/mol. The molecule has 0 radical (unpaired) electrons. The second kappa shape index (κ2) is 6.83. The molecule has 0 saturated heterocycles. The maximum Gasteiger partial charge on any atom is 0.331 e. The zero-order valence-corrected chi connectivity index (χ0v) is 10.1. The number of aliphatic carboxylic acids is 1. The lowest BCUT2D eigenvalue weighted by Gasteiger charge is -2.18. The molecule has 0 aliphatic rings. The van der Waals surface area contributed by atoms with Gasteiger partial charge in [-0.05, 0) is 13.3 Å². The Morgan fingerprint density at radius 1 is 1.41 bits per heavy atom. The number of nitrogens with one attached hydrogen (secondary N) is 1. The molecule has 6 nitrogen and oxygen atoms in total. The molecule has 17 heavy (non-hydrogen) atoms. The van der Waals surface area contributed by atoms with Crippen molar-refractivity contribution in [2.75, 3.05) is 6.54 Å². The van der Waals surface area contributed by atoms with Crippen molar-refractivity contribution in [2.45, 2.75) is 38.6 Å². The molecule has 6 heteroatoms. The van der Waals surface area contributed by atoms with Gasteiger partial charge in [0.25, 0.3) is 0 Å². The highest BCUT2D eigenvalue weighted by atomic mass is 16.4. The Bertz CT molecular complexity index is 343. The van der Waals surface area contributed by atoms with Crippen LogP contribution in [0.5, 0.6) is 0 Å². The van der Waals surface area contributed by atoms with Gasteiger partial charge in [0, 0.05) is 6.54 Å². The van der Waals surface area contributed by atoms with Gasteiger partial charge in [-0.2, -0.15) is 0 Å². The summed E-state index contributed by atoms with van der Waals surface area (Å²) in [5.74, 6) is -1.04. The molecular weight excluding hydrogens is 224 g/mol. The first kappa shape index (κ1) is 15.3. The standard InChI is InChI=1S/C11H18N2O4/c1-3-4-5-6-13-8(7-14)9(15)11(2,12)10(16)17/h13H,3-6,12H2,1-2H3,(H,16,17). The van der Waals surface area contributed by atoms with Crippen molar-refractivity contribution in [1.82, 2.24) is 5.32 Å². The first-order chi connectivity index (χ1) is 7.87. The molecular formula is C11H18N2O4. The number of hydrogen-bond acceptors (Lipinski definition) is 5. The molecule has 0 heterocycles. The Balaban J connectivity index is 4.54. The van der Waals surface area contributed by atoms with E-state index in [0.717, 1.165) is 26.2 Å². The summed E-state index contributed by atoms with van der Waals surface area (Å²) < 4.78 is 0. The van der Waals surface area contributed by atoms with Gasteiger partial charge in [0.15, 0.2) is 17.2 Å². The molecule has 0 aliphatic heterocycles. The molecule has 0 fully saturated rings. The largest absolute Gasteiger partial charge is 0.480 e. The van der Waals surface area contributed by atoms with Gasteiger partial charge in [0.1, 0.15) is 0 Å². The minimum Gasteiger partial charge on any atom is -0.480 e. The Labute approximate surface area is 99.9 Å². The Morgan fingerprint density at radius 3 is 2.41 bits per heavy atom. The summed E-state index contributed by atoms with van der Waals surface area (Å²) >= 11 is 0. The number of carbonyl (C=O) groups is 2. The van der Waals surface area contributed by atoms with E-state index in [0.29, 0.717) is 6.54 Å². The summed E-state index contributed by atoms with van der Waals surface area (Å²) in [6.45, 7) is 3.48. The number of Topliss-reactive ketones (excluding diaryl/α,β-unsaturated/α-hetero) is 1. The summed E-state index contributed by atoms with van der Waals surface area (Å²) in [4.78, 5) is 33.0. The minimum absolute atomic E-state index is 0.409. The summed E-state index contributed by atoms with van der Waals surface area (Å²) in [5, 5.41) is 11.3. The molecule has 96 valence electrons. The fourth-order valence-electron chi connectivity index (χ4n) is 1.11. The van der Waals surface area contributed by atoms with E-state index >= 15 is 0 Å². The molecule has 0 aliphatic carbocycles. The van der Waals surface area contributed by atoms with E-state index < -0.39 is 23.0 Å². The van der Waals surface area contributed by atoms with Crippen molar-refractivity contribution < 1.29 is 19.5 Å². The number of nitrogens with two attached hydrogens (primary N) is 1.